The number of pyridine rings is 1. The van der Waals surface area contributed by atoms with Gasteiger partial charge in [0.2, 0.25) is 12.2 Å². The maximum absolute atomic E-state index is 12.2. The SMILES string of the molecule is CC(C)OC(=O)OC(C)Oc1ccccc1/N=N/c1ccc(NC(=O)CNC(=O)c2ccccc2)nc1N. The fourth-order valence-electron chi connectivity index (χ4n) is 2.97. The number of carbonyl (C=O) groups excluding carboxylic acids is 3. The van der Waals surface area contributed by atoms with Crippen LogP contribution in [0.15, 0.2) is 77.0 Å². The van der Waals surface area contributed by atoms with Crippen molar-refractivity contribution in [3.05, 3.63) is 72.3 Å². The molecule has 0 bridgehead atoms. The Morgan fingerprint density at radius 3 is 2.29 bits per heavy atom. The first-order valence-corrected chi connectivity index (χ1v) is 11.7. The normalized spacial score (nSPS) is 11.6. The largest absolute Gasteiger partial charge is 0.511 e. The van der Waals surface area contributed by atoms with E-state index in [0.717, 1.165) is 0 Å². The number of anilines is 2. The molecule has 1 aromatic heterocycles. The Balaban J connectivity index is 1.58. The molecule has 0 radical (unpaired) electrons. The zero-order valence-corrected chi connectivity index (χ0v) is 21.1. The summed E-state index contributed by atoms with van der Waals surface area (Å²) in [4.78, 5) is 40.1. The number of hydrogen-bond donors (Lipinski definition) is 3. The maximum atomic E-state index is 12.2. The summed E-state index contributed by atoms with van der Waals surface area (Å²) < 4.78 is 15.6. The van der Waals surface area contributed by atoms with Gasteiger partial charge in [0.05, 0.1) is 12.6 Å². The lowest BCUT2D eigenvalue weighted by Crippen LogP contribution is -2.33. The highest BCUT2D eigenvalue weighted by atomic mass is 16.8. The van der Waals surface area contributed by atoms with Gasteiger partial charge in [-0.2, -0.15) is 0 Å². The number of nitrogen functional groups attached to an aromatic ring is 1. The molecule has 1 atom stereocenters. The van der Waals surface area contributed by atoms with Crippen LogP contribution in [0, 0.1) is 0 Å². The van der Waals surface area contributed by atoms with Gasteiger partial charge in [0.25, 0.3) is 5.91 Å². The van der Waals surface area contributed by atoms with Crippen molar-refractivity contribution in [3.63, 3.8) is 0 Å². The Hall–Kier alpha value is -5.00. The molecule has 198 valence electrons. The number of rotatable bonds is 10. The lowest BCUT2D eigenvalue weighted by molar-refractivity contribution is -0.115. The fraction of sp³-hybridized carbons (Fsp3) is 0.231. The maximum Gasteiger partial charge on any atom is 0.511 e. The summed E-state index contributed by atoms with van der Waals surface area (Å²) in [6.07, 6.45) is -2.11. The average Bonchev–Trinajstić information content (AvgIpc) is 2.87. The first kappa shape index (κ1) is 27.6. The molecule has 0 saturated carbocycles. The Labute approximate surface area is 219 Å². The minimum Gasteiger partial charge on any atom is -0.453 e. The number of benzene rings is 2. The molecule has 12 nitrogen and oxygen atoms in total. The van der Waals surface area contributed by atoms with Crippen molar-refractivity contribution < 1.29 is 28.6 Å². The van der Waals surface area contributed by atoms with Gasteiger partial charge in [0.15, 0.2) is 11.6 Å². The van der Waals surface area contributed by atoms with Crippen molar-refractivity contribution >= 4 is 41.0 Å². The number of nitrogens with zero attached hydrogens (tertiary/aromatic N) is 3. The number of ether oxygens (including phenoxy) is 3. The van der Waals surface area contributed by atoms with Crippen molar-refractivity contribution in [2.45, 2.75) is 33.2 Å². The molecule has 0 fully saturated rings. The molecule has 0 spiro atoms. The van der Waals surface area contributed by atoms with E-state index in [2.05, 4.69) is 25.8 Å². The van der Waals surface area contributed by atoms with Crippen LogP contribution in [-0.4, -0.2) is 41.9 Å². The number of hydrogen-bond acceptors (Lipinski definition) is 10. The molecule has 4 N–H and O–H groups in total. The van der Waals surface area contributed by atoms with Crippen LogP contribution in [0.25, 0.3) is 0 Å². The predicted octanol–water partition coefficient (Wildman–Crippen LogP) is 4.73. The van der Waals surface area contributed by atoms with Gasteiger partial charge in [-0.1, -0.05) is 30.3 Å². The number of carbonyl (C=O) groups is 3. The minimum absolute atomic E-state index is 0.0198. The van der Waals surface area contributed by atoms with Gasteiger partial charge in [0, 0.05) is 12.5 Å². The van der Waals surface area contributed by atoms with Crippen LogP contribution in [0.3, 0.4) is 0 Å². The highest BCUT2D eigenvalue weighted by Gasteiger charge is 2.15. The van der Waals surface area contributed by atoms with Gasteiger partial charge in [-0.25, -0.2) is 9.78 Å². The highest BCUT2D eigenvalue weighted by Crippen LogP contribution is 2.31. The van der Waals surface area contributed by atoms with Crippen LogP contribution in [-0.2, 0) is 14.3 Å². The van der Waals surface area contributed by atoms with E-state index < -0.39 is 18.4 Å². The minimum atomic E-state index is -0.940. The Kier molecular flexibility index (Phi) is 9.69. The van der Waals surface area contributed by atoms with Crippen molar-refractivity contribution in [2.75, 3.05) is 17.6 Å². The Morgan fingerprint density at radius 2 is 1.58 bits per heavy atom. The second-order valence-electron chi connectivity index (χ2n) is 8.09. The van der Waals surface area contributed by atoms with Crippen molar-refractivity contribution in [1.29, 1.82) is 0 Å². The monoisotopic (exact) mass is 520 g/mol. The molecular formula is C26H28N6O6. The summed E-state index contributed by atoms with van der Waals surface area (Å²) in [7, 11) is 0. The van der Waals surface area contributed by atoms with E-state index in [1.165, 1.54) is 19.1 Å². The summed E-state index contributed by atoms with van der Waals surface area (Å²) in [5.41, 5.74) is 7.03. The number of nitrogens with two attached hydrogens (primary N) is 1. The summed E-state index contributed by atoms with van der Waals surface area (Å²) in [5.74, 6) is -0.330. The van der Waals surface area contributed by atoms with Crippen LogP contribution < -0.4 is 21.1 Å². The molecule has 2 aromatic carbocycles. The number of aromatic nitrogens is 1. The first-order valence-electron chi connectivity index (χ1n) is 11.7. The summed E-state index contributed by atoms with van der Waals surface area (Å²) in [6, 6.07) is 18.3. The Bertz CT molecular complexity index is 1300. The van der Waals surface area contributed by atoms with Crippen molar-refractivity contribution in [3.8, 4) is 5.75 Å². The van der Waals surface area contributed by atoms with Crippen LogP contribution in [0.1, 0.15) is 31.1 Å². The van der Waals surface area contributed by atoms with E-state index in [-0.39, 0.29) is 35.9 Å². The van der Waals surface area contributed by atoms with Crippen LogP contribution in [0.4, 0.5) is 27.8 Å². The second kappa shape index (κ2) is 13.3. The molecule has 2 amide bonds. The summed E-state index contributed by atoms with van der Waals surface area (Å²) in [5, 5.41) is 13.4. The standard InChI is InChI=1S/C26H28N6O6/c1-16(2)36-26(35)38-17(3)37-21-12-8-7-11-19(21)31-32-20-13-14-22(30-24(20)27)29-23(33)15-28-25(34)18-9-5-4-6-10-18/h4-14,16-17H,15H2,1-3H3,(H,28,34)(H3,27,29,30,33)/b32-31+. The molecule has 0 saturated heterocycles. The predicted molar refractivity (Wildman–Crippen MR) is 139 cm³/mol. The molecule has 1 unspecified atom stereocenters. The van der Waals surface area contributed by atoms with Crippen LogP contribution in [0.5, 0.6) is 5.75 Å². The summed E-state index contributed by atoms with van der Waals surface area (Å²) in [6.45, 7) is 4.70. The van der Waals surface area contributed by atoms with E-state index in [0.29, 0.717) is 17.0 Å². The number of azo groups is 1. The van der Waals surface area contributed by atoms with E-state index in [1.54, 1.807) is 68.4 Å². The molecular weight excluding hydrogens is 492 g/mol. The molecule has 1 heterocycles. The van der Waals surface area contributed by atoms with E-state index in [1.807, 2.05) is 0 Å². The summed E-state index contributed by atoms with van der Waals surface area (Å²) >= 11 is 0. The molecule has 0 aliphatic heterocycles. The lowest BCUT2D eigenvalue weighted by Gasteiger charge is -2.16. The van der Waals surface area contributed by atoms with E-state index in [4.69, 9.17) is 19.9 Å². The van der Waals surface area contributed by atoms with Crippen molar-refractivity contribution in [1.82, 2.24) is 10.3 Å². The third-order valence-corrected chi connectivity index (χ3v) is 4.63. The third-order valence-electron chi connectivity index (χ3n) is 4.63. The topological polar surface area (TPSA) is 167 Å². The highest BCUT2D eigenvalue weighted by molar-refractivity contribution is 5.99. The molecule has 12 heteroatoms. The van der Waals surface area contributed by atoms with Crippen molar-refractivity contribution in [2.24, 2.45) is 10.2 Å². The van der Waals surface area contributed by atoms with Gasteiger partial charge in [0.1, 0.15) is 17.2 Å². The number of amides is 2. The van der Waals surface area contributed by atoms with E-state index >= 15 is 0 Å². The molecule has 3 aromatic rings. The van der Waals surface area contributed by atoms with Crippen LogP contribution >= 0.6 is 0 Å². The Morgan fingerprint density at radius 1 is 0.895 bits per heavy atom. The van der Waals surface area contributed by atoms with Gasteiger partial charge >= 0.3 is 6.16 Å². The fourth-order valence-corrected chi connectivity index (χ4v) is 2.97. The van der Waals surface area contributed by atoms with Gasteiger partial charge < -0.3 is 30.6 Å². The lowest BCUT2D eigenvalue weighted by atomic mass is 10.2. The molecule has 3 rings (SSSR count). The molecule has 0 aliphatic carbocycles. The van der Waals surface area contributed by atoms with Gasteiger partial charge in [-0.15, -0.1) is 10.2 Å². The second-order valence-corrected chi connectivity index (χ2v) is 8.09. The number of nitrogens with one attached hydrogen (secondary N) is 2. The first-order chi connectivity index (χ1) is 18.2. The molecule has 38 heavy (non-hydrogen) atoms. The van der Waals surface area contributed by atoms with Gasteiger partial charge in [-0.05, 0) is 50.2 Å². The zero-order chi connectivity index (χ0) is 27.5. The average molecular weight is 521 g/mol. The quantitative estimate of drug-likeness (QED) is 0.196. The third kappa shape index (κ3) is 8.59. The van der Waals surface area contributed by atoms with Gasteiger partial charge in [-0.3, -0.25) is 9.59 Å². The smallest absolute Gasteiger partial charge is 0.453 e. The van der Waals surface area contributed by atoms with E-state index in [9.17, 15) is 14.4 Å². The number of para-hydroxylation sites is 1. The van der Waals surface area contributed by atoms with Crippen LogP contribution in [0.2, 0.25) is 0 Å². The zero-order valence-electron chi connectivity index (χ0n) is 21.1. The molecule has 0 aliphatic rings.